The van der Waals surface area contributed by atoms with Crippen LogP contribution in [0.25, 0.3) is 0 Å². The first-order valence-corrected chi connectivity index (χ1v) is 9.43. The van der Waals surface area contributed by atoms with E-state index in [4.69, 9.17) is 4.74 Å². The van der Waals surface area contributed by atoms with Gasteiger partial charge in [-0.05, 0) is 42.3 Å². The highest BCUT2D eigenvalue weighted by molar-refractivity contribution is 7.89. The van der Waals surface area contributed by atoms with E-state index in [1.807, 2.05) is 0 Å². The van der Waals surface area contributed by atoms with Crippen LogP contribution in [0, 0.1) is 12.7 Å². The molecule has 0 spiro atoms. The molecule has 26 heavy (non-hydrogen) atoms. The summed E-state index contributed by atoms with van der Waals surface area (Å²) in [6.45, 7) is 2.23. The molecule has 2 aromatic rings. The number of carbonyl (C=O) groups excluding carboxylic acids is 1. The van der Waals surface area contributed by atoms with Gasteiger partial charge in [0.1, 0.15) is 5.82 Å². The molecule has 0 heterocycles. The Kier molecular flexibility index (Phi) is 6.84. The molecule has 0 aliphatic heterocycles. The SMILES string of the molecule is COCCNS(=O)(=O)c1ccc(C)c(C(=O)NCc2cccc(F)c2)c1. The monoisotopic (exact) mass is 380 g/mol. The van der Waals surface area contributed by atoms with Crippen molar-refractivity contribution in [2.75, 3.05) is 20.3 Å². The predicted molar refractivity (Wildman–Crippen MR) is 95.8 cm³/mol. The largest absolute Gasteiger partial charge is 0.383 e. The van der Waals surface area contributed by atoms with Crippen molar-refractivity contribution >= 4 is 15.9 Å². The van der Waals surface area contributed by atoms with Gasteiger partial charge in [-0.1, -0.05) is 18.2 Å². The fourth-order valence-corrected chi connectivity index (χ4v) is 3.34. The fraction of sp³-hybridized carbons (Fsp3) is 0.278. The van der Waals surface area contributed by atoms with Crippen LogP contribution in [0.4, 0.5) is 4.39 Å². The lowest BCUT2D eigenvalue weighted by Crippen LogP contribution is -2.28. The zero-order valence-electron chi connectivity index (χ0n) is 14.6. The summed E-state index contributed by atoms with van der Waals surface area (Å²) in [6, 6.07) is 10.2. The highest BCUT2D eigenvalue weighted by atomic mass is 32.2. The van der Waals surface area contributed by atoms with Crippen molar-refractivity contribution in [3.63, 3.8) is 0 Å². The number of methoxy groups -OCH3 is 1. The lowest BCUT2D eigenvalue weighted by atomic mass is 10.1. The third kappa shape index (κ3) is 5.35. The van der Waals surface area contributed by atoms with Gasteiger partial charge >= 0.3 is 0 Å². The Morgan fingerprint density at radius 3 is 2.65 bits per heavy atom. The molecular weight excluding hydrogens is 359 g/mol. The van der Waals surface area contributed by atoms with Gasteiger partial charge in [-0.25, -0.2) is 17.5 Å². The van der Waals surface area contributed by atoms with Crippen LogP contribution in [0.5, 0.6) is 0 Å². The first-order valence-electron chi connectivity index (χ1n) is 7.95. The summed E-state index contributed by atoms with van der Waals surface area (Å²) in [5, 5.41) is 2.67. The normalized spacial score (nSPS) is 11.3. The summed E-state index contributed by atoms with van der Waals surface area (Å²) in [6.07, 6.45) is 0. The molecule has 0 bridgehead atoms. The molecule has 2 aromatic carbocycles. The van der Waals surface area contributed by atoms with E-state index in [2.05, 4.69) is 10.0 Å². The second-order valence-electron chi connectivity index (χ2n) is 5.68. The number of hydrogen-bond acceptors (Lipinski definition) is 4. The standard InChI is InChI=1S/C18H21FN2O4S/c1-13-6-7-16(26(23,24)21-8-9-25-2)11-17(13)18(22)20-12-14-4-3-5-15(19)10-14/h3-7,10-11,21H,8-9,12H2,1-2H3,(H,20,22). The molecule has 0 fully saturated rings. The van der Waals surface area contributed by atoms with Gasteiger partial charge in [0, 0.05) is 25.8 Å². The molecule has 140 valence electrons. The van der Waals surface area contributed by atoms with Crippen molar-refractivity contribution in [2.45, 2.75) is 18.4 Å². The zero-order valence-corrected chi connectivity index (χ0v) is 15.4. The molecule has 0 aliphatic rings. The van der Waals surface area contributed by atoms with Crippen LogP contribution in [0.3, 0.4) is 0 Å². The number of sulfonamides is 1. The van der Waals surface area contributed by atoms with Gasteiger partial charge in [0.15, 0.2) is 0 Å². The van der Waals surface area contributed by atoms with E-state index in [1.54, 1.807) is 25.1 Å². The van der Waals surface area contributed by atoms with Crippen LogP contribution >= 0.6 is 0 Å². The fourth-order valence-electron chi connectivity index (χ4n) is 2.30. The van der Waals surface area contributed by atoms with Gasteiger partial charge < -0.3 is 10.1 Å². The molecule has 6 nitrogen and oxygen atoms in total. The molecule has 2 rings (SSSR count). The van der Waals surface area contributed by atoms with Gasteiger partial charge in [-0.2, -0.15) is 0 Å². The average molecular weight is 380 g/mol. The van der Waals surface area contributed by atoms with Crippen LogP contribution in [0.1, 0.15) is 21.5 Å². The van der Waals surface area contributed by atoms with Gasteiger partial charge in [-0.3, -0.25) is 4.79 Å². The average Bonchev–Trinajstić information content (AvgIpc) is 2.60. The van der Waals surface area contributed by atoms with Gasteiger partial charge in [0.05, 0.1) is 11.5 Å². The van der Waals surface area contributed by atoms with Crippen molar-refractivity contribution in [2.24, 2.45) is 0 Å². The van der Waals surface area contributed by atoms with E-state index in [1.165, 1.54) is 31.4 Å². The third-order valence-electron chi connectivity index (χ3n) is 3.70. The molecule has 0 saturated carbocycles. The number of ether oxygens (including phenoxy) is 1. The number of hydrogen-bond donors (Lipinski definition) is 2. The summed E-state index contributed by atoms with van der Waals surface area (Å²) >= 11 is 0. The van der Waals surface area contributed by atoms with E-state index in [0.717, 1.165) is 0 Å². The van der Waals surface area contributed by atoms with E-state index in [0.29, 0.717) is 11.1 Å². The van der Waals surface area contributed by atoms with E-state index >= 15 is 0 Å². The van der Waals surface area contributed by atoms with E-state index in [9.17, 15) is 17.6 Å². The molecule has 0 aliphatic carbocycles. The highest BCUT2D eigenvalue weighted by Crippen LogP contribution is 2.16. The molecule has 2 N–H and O–H groups in total. The van der Waals surface area contributed by atoms with Crippen LogP contribution in [0.2, 0.25) is 0 Å². The Balaban J connectivity index is 2.14. The van der Waals surface area contributed by atoms with Crippen molar-refractivity contribution in [1.29, 1.82) is 0 Å². The zero-order chi connectivity index (χ0) is 19.2. The number of amides is 1. The summed E-state index contributed by atoms with van der Waals surface area (Å²) in [7, 11) is -2.26. The maximum absolute atomic E-state index is 13.2. The summed E-state index contributed by atoms with van der Waals surface area (Å²) in [5.41, 5.74) is 1.50. The first kappa shape index (κ1) is 20.0. The Morgan fingerprint density at radius 2 is 1.96 bits per heavy atom. The molecule has 0 saturated heterocycles. The minimum Gasteiger partial charge on any atom is -0.383 e. The number of aryl methyl sites for hydroxylation is 1. The van der Waals surface area contributed by atoms with Gasteiger partial charge in [0.2, 0.25) is 10.0 Å². The first-order chi connectivity index (χ1) is 12.3. The van der Waals surface area contributed by atoms with Gasteiger partial charge in [-0.15, -0.1) is 0 Å². The van der Waals surface area contributed by atoms with E-state index in [-0.39, 0.29) is 36.0 Å². The Labute approximate surface area is 152 Å². The predicted octanol–water partition coefficient (Wildman–Crippen LogP) is 1.99. The van der Waals surface area contributed by atoms with Gasteiger partial charge in [0.25, 0.3) is 5.91 Å². The van der Waals surface area contributed by atoms with Crippen LogP contribution in [0.15, 0.2) is 47.4 Å². The number of benzene rings is 2. The van der Waals surface area contributed by atoms with Crippen molar-refractivity contribution in [1.82, 2.24) is 10.0 Å². The van der Waals surface area contributed by atoms with Crippen LogP contribution in [-0.2, 0) is 21.3 Å². The highest BCUT2D eigenvalue weighted by Gasteiger charge is 2.17. The Hall–Kier alpha value is -2.29. The molecule has 1 amide bonds. The van der Waals surface area contributed by atoms with Crippen LogP contribution < -0.4 is 10.0 Å². The van der Waals surface area contributed by atoms with Crippen molar-refractivity contribution in [3.8, 4) is 0 Å². The maximum Gasteiger partial charge on any atom is 0.251 e. The summed E-state index contributed by atoms with van der Waals surface area (Å²) < 4.78 is 45.0. The topological polar surface area (TPSA) is 84.5 Å². The number of halogens is 1. The molecule has 0 unspecified atom stereocenters. The Morgan fingerprint density at radius 1 is 1.19 bits per heavy atom. The van der Waals surface area contributed by atoms with Crippen LogP contribution in [-0.4, -0.2) is 34.6 Å². The second kappa shape index (κ2) is 8.88. The third-order valence-corrected chi connectivity index (χ3v) is 5.16. The molecular formula is C18H21FN2O4S. The number of nitrogens with one attached hydrogen (secondary N) is 2. The van der Waals surface area contributed by atoms with E-state index < -0.39 is 15.9 Å². The van der Waals surface area contributed by atoms with Crippen molar-refractivity contribution in [3.05, 3.63) is 65.0 Å². The lowest BCUT2D eigenvalue weighted by Gasteiger charge is -2.11. The quantitative estimate of drug-likeness (QED) is 0.686. The second-order valence-corrected chi connectivity index (χ2v) is 7.45. The number of rotatable bonds is 8. The lowest BCUT2D eigenvalue weighted by molar-refractivity contribution is 0.0950. The molecule has 8 heteroatoms. The molecule has 0 atom stereocenters. The molecule has 0 radical (unpaired) electrons. The summed E-state index contributed by atoms with van der Waals surface area (Å²) in [5.74, 6) is -0.816. The van der Waals surface area contributed by atoms with Crippen molar-refractivity contribution < 1.29 is 22.3 Å². The minimum absolute atomic E-state index is 0.00453. The summed E-state index contributed by atoms with van der Waals surface area (Å²) in [4.78, 5) is 12.4. The smallest absolute Gasteiger partial charge is 0.251 e. The maximum atomic E-state index is 13.2. The number of carbonyl (C=O) groups is 1. The Bertz CT molecular complexity index is 885. The minimum atomic E-state index is -3.74. The molecule has 0 aromatic heterocycles.